The largest absolute Gasteiger partial charge is 0.379 e. The average Bonchev–Trinajstić information content (AvgIpc) is 2.11. The van der Waals surface area contributed by atoms with Gasteiger partial charge in [-0.2, -0.15) is 0 Å². The van der Waals surface area contributed by atoms with E-state index in [0.29, 0.717) is 0 Å². The first-order chi connectivity index (χ1) is 5.43. The smallest absolute Gasteiger partial charge is 0.0600 e. The number of hydrogen-bond donors (Lipinski definition) is 0. The predicted molar refractivity (Wildman–Crippen MR) is 47.4 cm³/mol. The first-order valence-electron chi connectivity index (χ1n) is 4.17. The van der Waals surface area contributed by atoms with E-state index in [9.17, 15) is 0 Å². The summed E-state index contributed by atoms with van der Waals surface area (Å²) in [6.07, 6.45) is 5.13. The van der Waals surface area contributed by atoms with E-state index in [0.717, 1.165) is 32.8 Å². The zero-order valence-electron chi connectivity index (χ0n) is 7.47. The van der Waals surface area contributed by atoms with Crippen molar-refractivity contribution in [3.63, 3.8) is 0 Å². The second-order valence-electron chi connectivity index (χ2n) is 2.09. The zero-order valence-corrected chi connectivity index (χ0v) is 7.47. The summed E-state index contributed by atoms with van der Waals surface area (Å²) < 4.78 is 5.14. The van der Waals surface area contributed by atoms with Gasteiger partial charge in [0.15, 0.2) is 0 Å². The van der Waals surface area contributed by atoms with Gasteiger partial charge in [0.2, 0.25) is 0 Å². The van der Waals surface area contributed by atoms with Crippen LogP contribution in [0, 0.1) is 12.3 Å². The van der Waals surface area contributed by atoms with Crippen LogP contribution in [0.4, 0.5) is 0 Å². The van der Waals surface area contributed by atoms with Crippen molar-refractivity contribution in [3.05, 3.63) is 0 Å². The molecule has 1 saturated heterocycles. The number of morpholine rings is 1. The molecule has 2 heteroatoms. The van der Waals surface area contributed by atoms with Gasteiger partial charge in [0, 0.05) is 13.1 Å². The molecule has 11 heavy (non-hydrogen) atoms. The van der Waals surface area contributed by atoms with Gasteiger partial charge in [-0.1, -0.05) is 19.8 Å². The molecule has 0 atom stereocenters. The van der Waals surface area contributed by atoms with Crippen LogP contribution in [0.3, 0.4) is 0 Å². The summed E-state index contributed by atoms with van der Waals surface area (Å²) in [6, 6.07) is 0. The Labute approximate surface area is 69.5 Å². The lowest BCUT2D eigenvalue weighted by Crippen LogP contribution is -2.36. The highest BCUT2D eigenvalue weighted by atomic mass is 16.5. The van der Waals surface area contributed by atoms with E-state index >= 15 is 0 Å². The van der Waals surface area contributed by atoms with Crippen LogP contribution in [0.2, 0.25) is 0 Å². The second-order valence-corrected chi connectivity index (χ2v) is 2.09. The Hall–Kier alpha value is -0.520. The minimum absolute atomic E-state index is 0.767. The van der Waals surface area contributed by atoms with E-state index in [-0.39, 0.29) is 0 Å². The predicted octanol–water partition coefficient (Wildman–Crippen LogP) is 0.978. The lowest BCUT2D eigenvalue weighted by Gasteiger charge is -2.23. The maximum Gasteiger partial charge on any atom is 0.0600 e. The highest BCUT2D eigenvalue weighted by Gasteiger charge is 2.06. The fraction of sp³-hybridized carbons (Fsp3) is 0.778. The molecular formula is C9H17NO. The monoisotopic (exact) mass is 155 g/mol. The molecule has 64 valence electrons. The van der Waals surface area contributed by atoms with Crippen molar-refractivity contribution in [3.8, 4) is 12.3 Å². The fourth-order valence-electron chi connectivity index (χ4n) is 0.888. The third-order valence-electron chi connectivity index (χ3n) is 1.42. The van der Waals surface area contributed by atoms with Gasteiger partial charge < -0.3 is 4.74 Å². The van der Waals surface area contributed by atoms with Crippen LogP contribution in [-0.4, -0.2) is 37.7 Å². The highest BCUT2D eigenvalue weighted by molar-refractivity contribution is 4.88. The molecule has 0 saturated carbocycles. The van der Waals surface area contributed by atoms with Crippen LogP contribution in [-0.2, 0) is 4.74 Å². The summed E-state index contributed by atoms with van der Waals surface area (Å²) in [5, 5.41) is 0. The van der Waals surface area contributed by atoms with E-state index in [4.69, 9.17) is 11.2 Å². The van der Waals surface area contributed by atoms with Gasteiger partial charge in [0.25, 0.3) is 0 Å². The first-order valence-corrected chi connectivity index (χ1v) is 4.17. The Morgan fingerprint density at radius 3 is 2.36 bits per heavy atom. The SMILES string of the molecule is C#CCN1CCOCC1.CC. The van der Waals surface area contributed by atoms with E-state index in [1.165, 1.54) is 0 Å². The van der Waals surface area contributed by atoms with Crippen molar-refractivity contribution in [2.24, 2.45) is 0 Å². The third kappa shape index (κ3) is 4.83. The van der Waals surface area contributed by atoms with Gasteiger partial charge in [0.1, 0.15) is 0 Å². The molecule has 0 aromatic heterocycles. The van der Waals surface area contributed by atoms with Crippen molar-refractivity contribution >= 4 is 0 Å². The molecule has 0 aromatic carbocycles. The normalized spacial score (nSPS) is 17.9. The second kappa shape index (κ2) is 7.59. The Morgan fingerprint density at radius 2 is 1.91 bits per heavy atom. The Morgan fingerprint density at radius 1 is 1.36 bits per heavy atom. The summed E-state index contributed by atoms with van der Waals surface area (Å²) in [4.78, 5) is 2.21. The molecule has 0 N–H and O–H groups in total. The van der Waals surface area contributed by atoms with Gasteiger partial charge in [-0.15, -0.1) is 6.42 Å². The molecule has 0 bridgehead atoms. The minimum atomic E-state index is 0.767. The summed E-state index contributed by atoms with van der Waals surface area (Å²) in [5.41, 5.74) is 0. The third-order valence-corrected chi connectivity index (χ3v) is 1.42. The van der Waals surface area contributed by atoms with Crippen LogP contribution in [0.5, 0.6) is 0 Å². The standard InChI is InChI=1S/C7H11NO.C2H6/c1-2-3-8-4-6-9-7-5-8;1-2/h1H,3-7H2;1-2H3. The van der Waals surface area contributed by atoms with Crippen molar-refractivity contribution in [2.45, 2.75) is 13.8 Å². The Balaban J connectivity index is 0.000000461. The molecule has 1 aliphatic heterocycles. The van der Waals surface area contributed by atoms with Gasteiger partial charge in [0.05, 0.1) is 19.8 Å². The van der Waals surface area contributed by atoms with Crippen molar-refractivity contribution in [1.29, 1.82) is 0 Å². The van der Waals surface area contributed by atoms with E-state index in [1.807, 2.05) is 13.8 Å². The first kappa shape index (κ1) is 10.5. The fourth-order valence-corrected chi connectivity index (χ4v) is 0.888. The number of rotatable bonds is 1. The van der Waals surface area contributed by atoms with E-state index in [1.54, 1.807) is 0 Å². The molecule has 0 aromatic rings. The molecule has 0 unspecified atom stereocenters. The van der Waals surface area contributed by atoms with E-state index < -0.39 is 0 Å². The van der Waals surface area contributed by atoms with Crippen LogP contribution in [0.15, 0.2) is 0 Å². The maximum absolute atomic E-state index is 5.14. The Kier molecular flexibility index (Phi) is 7.23. The lowest BCUT2D eigenvalue weighted by atomic mass is 10.4. The van der Waals surface area contributed by atoms with Gasteiger partial charge in [-0.05, 0) is 0 Å². The summed E-state index contributed by atoms with van der Waals surface area (Å²) in [7, 11) is 0. The van der Waals surface area contributed by atoms with Gasteiger partial charge >= 0.3 is 0 Å². The quantitative estimate of drug-likeness (QED) is 0.523. The topological polar surface area (TPSA) is 12.5 Å². The number of hydrogen-bond acceptors (Lipinski definition) is 2. The zero-order chi connectivity index (χ0) is 8.53. The molecule has 0 radical (unpaired) electrons. The van der Waals surface area contributed by atoms with Gasteiger partial charge in [-0.25, -0.2) is 0 Å². The van der Waals surface area contributed by atoms with Gasteiger partial charge in [-0.3, -0.25) is 4.90 Å². The molecule has 0 amide bonds. The minimum Gasteiger partial charge on any atom is -0.379 e. The molecule has 1 heterocycles. The molecule has 0 spiro atoms. The van der Waals surface area contributed by atoms with E-state index in [2.05, 4.69) is 10.8 Å². The summed E-state index contributed by atoms with van der Waals surface area (Å²) in [6.45, 7) is 8.42. The number of ether oxygens (including phenoxy) is 1. The van der Waals surface area contributed by atoms with Crippen molar-refractivity contribution in [2.75, 3.05) is 32.8 Å². The van der Waals surface area contributed by atoms with Crippen LogP contribution in [0.1, 0.15) is 13.8 Å². The number of terminal acetylenes is 1. The number of nitrogens with zero attached hydrogens (tertiary/aromatic N) is 1. The summed E-state index contributed by atoms with van der Waals surface area (Å²) >= 11 is 0. The molecule has 1 aliphatic rings. The summed E-state index contributed by atoms with van der Waals surface area (Å²) in [5.74, 6) is 2.61. The molecular weight excluding hydrogens is 138 g/mol. The highest BCUT2D eigenvalue weighted by Crippen LogP contribution is 1.93. The van der Waals surface area contributed by atoms with Crippen molar-refractivity contribution in [1.82, 2.24) is 4.90 Å². The molecule has 2 nitrogen and oxygen atoms in total. The molecule has 1 rings (SSSR count). The van der Waals surface area contributed by atoms with Crippen LogP contribution in [0.25, 0.3) is 0 Å². The molecule has 0 aliphatic carbocycles. The maximum atomic E-state index is 5.14. The Bertz CT molecular complexity index is 111. The molecule has 1 fully saturated rings. The average molecular weight is 155 g/mol. The van der Waals surface area contributed by atoms with Crippen LogP contribution < -0.4 is 0 Å². The van der Waals surface area contributed by atoms with Crippen molar-refractivity contribution < 1.29 is 4.74 Å². The van der Waals surface area contributed by atoms with Crippen LogP contribution >= 0.6 is 0 Å². The lowest BCUT2D eigenvalue weighted by molar-refractivity contribution is 0.0444.